The average molecular weight is 279 g/mol. The van der Waals surface area contributed by atoms with Gasteiger partial charge in [-0.05, 0) is 18.2 Å². The maximum atomic E-state index is 12.0. The average Bonchev–Trinajstić information content (AvgIpc) is 2.91. The van der Waals surface area contributed by atoms with E-state index in [0.717, 1.165) is 0 Å². The van der Waals surface area contributed by atoms with Crippen molar-refractivity contribution in [3.05, 3.63) is 39.4 Å². The third-order valence-electron chi connectivity index (χ3n) is 2.62. The van der Waals surface area contributed by atoms with Crippen molar-refractivity contribution in [3.63, 3.8) is 0 Å². The van der Waals surface area contributed by atoms with Crippen LogP contribution in [0.3, 0.4) is 0 Å². The van der Waals surface area contributed by atoms with Gasteiger partial charge in [0.05, 0.1) is 11.0 Å². The number of hydrogen-bond acceptors (Lipinski definition) is 4. The molecule has 19 heavy (non-hydrogen) atoms. The molecule has 0 unspecified atom stereocenters. The molecule has 0 bridgehead atoms. The third kappa shape index (κ3) is 1.69. The summed E-state index contributed by atoms with van der Waals surface area (Å²) in [6.45, 7) is 0. The van der Waals surface area contributed by atoms with Crippen LogP contribution in [0.15, 0.2) is 23.0 Å². The lowest BCUT2D eigenvalue weighted by atomic mass is 10.3. The van der Waals surface area contributed by atoms with Crippen LogP contribution in [0.5, 0.6) is 0 Å². The number of aromatic amines is 2. The molecule has 4 N–H and O–H groups in total. The van der Waals surface area contributed by atoms with E-state index < -0.39 is 11.6 Å². The van der Waals surface area contributed by atoms with Gasteiger partial charge in [0.2, 0.25) is 0 Å². The van der Waals surface area contributed by atoms with Crippen LogP contribution in [0.1, 0.15) is 10.5 Å². The zero-order chi connectivity index (χ0) is 13.6. The zero-order valence-electron chi connectivity index (χ0n) is 9.35. The second-order valence-electron chi connectivity index (χ2n) is 3.79. The molecule has 9 heteroatoms. The van der Waals surface area contributed by atoms with Crippen molar-refractivity contribution in [1.82, 2.24) is 25.0 Å². The number of primary amides is 1. The van der Waals surface area contributed by atoms with E-state index in [1.54, 1.807) is 18.2 Å². The minimum atomic E-state index is -0.779. The molecular formula is C10H7ClN6O2. The summed E-state index contributed by atoms with van der Waals surface area (Å²) in [5.74, 6) is -0.731. The monoisotopic (exact) mass is 278 g/mol. The smallest absolute Gasteiger partial charge is 0.332 e. The fourth-order valence-corrected chi connectivity index (χ4v) is 2.01. The highest BCUT2D eigenvalue weighted by Gasteiger charge is 2.19. The predicted octanol–water partition coefficient (Wildman–Crippen LogP) is 0.189. The third-order valence-corrected chi connectivity index (χ3v) is 2.85. The number of aromatic nitrogens is 5. The lowest BCUT2D eigenvalue weighted by molar-refractivity contribution is 0.0995. The maximum absolute atomic E-state index is 12.0. The number of rotatable bonds is 2. The van der Waals surface area contributed by atoms with E-state index in [2.05, 4.69) is 20.4 Å². The highest BCUT2D eigenvalue weighted by Crippen LogP contribution is 2.19. The van der Waals surface area contributed by atoms with Gasteiger partial charge in [-0.2, -0.15) is 5.21 Å². The van der Waals surface area contributed by atoms with Crippen molar-refractivity contribution in [3.8, 4) is 5.82 Å². The number of fused-ring (bicyclic) bond motifs is 1. The first-order chi connectivity index (χ1) is 9.08. The number of hydrogen-bond donors (Lipinski definition) is 3. The topological polar surface area (TPSA) is 122 Å². The molecule has 0 aliphatic rings. The number of carbonyl (C=O) groups excluding carboxylic acids is 1. The molecule has 0 aliphatic carbocycles. The first-order valence-electron chi connectivity index (χ1n) is 5.19. The van der Waals surface area contributed by atoms with E-state index in [9.17, 15) is 9.59 Å². The Bertz CT molecular complexity index is 845. The summed E-state index contributed by atoms with van der Waals surface area (Å²) in [6.07, 6.45) is 0. The fraction of sp³-hybridized carbons (Fsp3) is 0. The fourth-order valence-electron chi connectivity index (χ4n) is 1.84. The molecule has 1 amide bonds. The largest absolute Gasteiger partial charge is 0.364 e. The van der Waals surface area contributed by atoms with Crippen molar-refractivity contribution in [2.24, 2.45) is 5.73 Å². The molecule has 96 valence electrons. The van der Waals surface area contributed by atoms with Crippen molar-refractivity contribution in [2.75, 3.05) is 0 Å². The summed E-state index contributed by atoms with van der Waals surface area (Å²) >= 11 is 5.85. The molecule has 8 nitrogen and oxygen atoms in total. The Morgan fingerprint density at radius 1 is 1.37 bits per heavy atom. The standard InChI is InChI=1S/C10H7ClN6O2/c11-4-1-2-6-5(3-4)13-10(19)17(6)9-7(8(12)18)14-16-15-9/h1-3H,(H2,12,18)(H,13,19)(H,14,15,16). The van der Waals surface area contributed by atoms with E-state index >= 15 is 0 Å². The van der Waals surface area contributed by atoms with Gasteiger partial charge in [-0.15, -0.1) is 10.2 Å². The Labute approximate surface area is 110 Å². The summed E-state index contributed by atoms with van der Waals surface area (Å²) in [5, 5.41) is 10.2. The molecular weight excluding hydrogens is 272 g/mol. The van der Waals surface area contributed by atoms with Crippen LogP contribution >= 0.6 is 11.6 Å². The van der Waals surface area contributed by atoms with Gasteiger partial charge < -0.3 is 10.7 Å². The van der Waals surface area contributed by atoms with Crippen LogP contribution in [0.25, 0.3) is 16.9 Å². The van der Waals surface area contributed by atoms with Crippen LogP contribution < -0.4 is 11.4 Å². The first-order valence-corrected chi connectivity index (χ1v) is 5.57. The lowest BCUT2D eigenvalue weighted by Gasteiger charge is -1.99. The van der Waals surface area contributed by atoms with Crippen LogP contribution in [0.4, 0.5) is 0 Å². The maximum Gasteiger partial charge on any atom is 0.332 e. The molecule has 2 heterocycles. The summed E-state index contributed by atoms with van der Waals surface area (Å²) in [7, 11) is 0. The van der Waals surface area contributed by atoms with Gasteiger partial charge in [-0.1, -0.05) is 11.6 Å². The number of benzene rings is 1. The molecule has 0 radical (unpaired) electrons. The van der Waals surface area contributed by atoms with Gasteiger partial charge in [-0.25, -0.2) is 9.36 Å². The number of nitrogens with one attached hydrogen (secondary N) is 2. The van der Waals surface area contributed by atoms with Crippen LogP contribution in [-0.2, 0) is 0 Å². The lowest BCUT2D eigenvalue weighted by Crippen LogP contribution is -2.20. The Morgan fingerprint density at radius 3 is 2.89 bits per heavy atom. The van der Waals surface area contributed by atoms with Gasteiger partial charge in [-0.3, -0.25) is 4.79 Å². The second kappa shape index (κ2) is 3.95. The molecule has 0 spiro atoms. The minimum Gasteiger partial charge on any atom is -0.364 e. The molecule has 0 aliphatic heterocycles. The molecule has 2 aromatic heterocycles. The van der Waals surface area contributed by atoms with Gasteiger partial charge in [0, 0.05) is 5.02 Å². The normalized spacial score (nSPS) is 11.0. The van der Waals surface area contributed by atoms with E-state index in [0.29, 0.717) is 16.1 Å². The molecule has 3 aromatic rings. The molecule has 3 rings (SSSR count). The van der Waals surface area contributed by atoms with Gasteiger partial charge >= 0.3 is 5.69 Å². The first kappa shape index (κ1) is 11.5. The van der Waals surface area contributed by atoms with Gasteiger partial charge in [0.1, 0.15) is 0 Å². The highest BCUT2D eigenvalue weighted by molar-refractivity contribution is 6.31. The summed E-state index contributed by atoms with van der Waals surface area (Å²) in [6, 6.07) is 4.85. The SMILES string of the molecule is NC(=O)c1n[nH]nc1-n1c(=O)[nH]c2cc(Cl)ccc21. The van der Waals surface area contributed by atoms with Crippen molar-refractivity contribution in [2.45, 2.75) is 0 Å². The van der Waals surface area contributed by atoms with E-state index in [4.69, 9.17) is 17.3 Å². The van der Waals surface area contributed by atoms with Crippen LogP contribution in [-0.4, -0.2) is 30.9 Å². The van der Waals surface area contributed by atoms with Crippen LogP contribution in [0, 0.1) is 0 Å². The Morgan fingerprint density at radius 2 is 2.16 bits per heavy atom. The van der Waals surface area contributed by atoms with E-state index in [1.165, 1.54) is 4.57 Å². The number of halogens is 1. The zero-order valence-corrected chi connectivity index (χ0v) is 10.1. The number of nitrogens with zero attached hydrogens (tertiary/aromatic N) is 3. The van der Waals surface area contributed by atoms with Crippen LogP contribution in [0.2, 0.25) is 5.02 Å². The summed E-state index contributed by atoms with van der Waals surface area (Å²) in [4.78, 5) is 25.8. The predicted molar refractivity (Wildman–Crippen MR) is 67.4 cm³/mol. The van der Waals surface area contributed by atoms with Crippen molar-refractivity contribution >= 4 is 28.5 Å². The number of H-pyrrole nitrogens is 2. The van der Waals surface area contributed by atoms with Gasteiger partial charge in [0.25, 0.3) is 5.91 Å². The minimum absolute atomic E-state index is 0.0473. The molecule has 0 atom stereocenters. The van der Waals surface area contributed by atoms with E-state index in [1.807, 2.05) is 0 Å². The molecule has 0 fully saturated rings. The number of imidazole rings is 1. The second-order valence-corrected chi connectivity index (χ2v) is 4.22. The molecule has 0 saturated carbocycles. The van der Waals surface area contributed by atoms with Crippen molar-refractivity contribution < 1.29 is 4.79 Å². The summed E-state index contributed by atoms with van der Waals surface area (Å²) in [5.41, 5.74) is 5.64. The van der Waals surface area contributed by atoms with E-state index in [-0.39, 0.29) is 11.5 Å². The quantitative estimate of drug-likeness (QED) is 0.619. The number of nitrogens with two attached hydrogens (primary N) is 1. The summed E-state index contributed by atoms with van der Waals surface area (Å²) < 4.78 is 1.20. The highest BCUT2D eigenvalue weighted by atomic mass is 35.5. The Kier molecular flexibility index (Phi) is 2.39. The molecule has 1 aromatic carbocycles. The number of amides is 1. The Balaban J connectivity index is 2.36. The van der Waals surface area contributed by atoms with Crippen molar-refractivity contribution in [1.29, 1.82) is 0 Å². The number of carbonyl (C=O) groups is 1. The Hall–Kier alpha value is -2.61. The van der Waals surface area contributed by atoms with Gasteiger partial charge in [0.15, 0.2) is 11.5 Å². The molecule has 0 saturated heterocycles.